The lowest BCUT2D eigenvalue weighted by Gasteiger charge is -2.31. The Bertz CT molecular complexity index is 436. The third-order valence-corrected chi connectivity index (χ3v) is 2.59. The maximum atomic E-state index is 12.3. The number of alkyl carbamates (subject to hydrolysis) is 1. The van der Waals surface area contributed by atoms with Gasteiger partial charge >= 0.3 is 12.1 Å². The van der Waals surface area contributed by atoms with Gasteiger partial charge in [0.05, 0.1) is 6.61 Å². The summed E-state index contributed by atoms with van der Waals surface area (Å²) in [7, 11) is 0. The molecule has 0 bridgehead atoms. The summed E-state index contributed by atoms with van der Waals surface area (Å²) in [5.74, 6) is -1.06. The molecule has 0 saturated heterocycles. The summed E-state index contributed by atoms with van der Waals surface area (Å²) in [6.07, 6.45) is -0.707. The van der Waals surface area contributed by atoms with Crippen LogP contribution in [0.3, 0.4) is 0 Å². The highest BCUT2D eigenvalue weighted by atomic mass is 16.6. The zero-order valence-electron chi connectivity index (χ0n) is 14.7. The third kappa shape index (κ3) is 6.78. The smallest absolute Gasteiger partial charge is 0.408 e. The van der Waals surface area contributed by atoms with Crippen LogP contribution >= 0.6 is 0 Å². The van der Waals surface area contributed by atoms with Crippen LogP contribution in [0.1, 0.15) is 55.4 Å². The first-order valence-corrected chi connectivity index (χ1v) is 7.22. The Morgan fingerprint density at radius 3 is 1.77 bits per heavy atom. The zero-order chi connectivity index (χ0) is 17.8. The standard InChI is InChI=1S/C15H28N2O5/c1-9-21-11(19)15(7,8)16-10(18)14(5,6)17-12(20)22-13(2,3)4/h9H2,1-8H3,(H,16,18)(H,17,20). The molecular formula is C15H28N2O5. The zero-order valence-corrected chi connectivity index (χ0v) is 14.7. The summed E-state index contributed by atoms with van der Waals surface area (Å²) in [6, 6.07) is 0. The van der Waals surface area contributed by atoms with Gasteiger partial charge in [-0.3, -0.25) is 4.79 Å². The molecular weight excluding hydrogens is 288 g/mol. The molecule has 0 heterocycles. The summed E-state index contributed by atoms with van der Waals surface area (Å²) in [5, 5.41) is 5.05. The van der Waals surface area contributed by atoms with Crippen LogP contribution in [-0.2, 0) is 19.1 Å². The summed E-state index contributed by atoms with van der Waals surface area (Å²) in [5.41, 5.74) is -3.10. The van der Waals surface area contributed by atoms with E-state index in [0.717, 1.165) is 0 Å². The topological polar surface area (TPSA) is 93.7 Å². The predicted molar refractivity (Wildman–Crippen MR) is 82.3 cm³/mol. The Morgan fingerprint density at radius 1 is 0.864 bits per heavy atom. The number of amides is 2. The molecule has 0 saturated carbocycles. The molecule has 0 aromatic heterocycles. The van der Waals surface area contributed by atoms with Gasteiger partial charge in [-0.2, -0.15) is 0 Å². The number of hydrogen-bond donors (Lipinski definition) is 2. The highest BCUT2D eigenvalue weighted by Crippen LogP contribution is 2.12. The van der Waals surface area contributed by atoms with Crippen molar-refractivity contribution in [2.45, 2.75) is 72.1 Å². The number of rotatable bonds is 5. The van der Waals surface area contributed by atoms with Crippen LogP contribution in [0.25, 0.3) is 0 Å². The highest BCUT2D eigenvalue weighted by Gasteiger charge is 2.38. The molecule has 0 aliphatic rings. The van der Waals surface area contributed by atoms with Crippen LogP contribution in [0.4, 0.5) is 4.79 Å². The van der Waals surface area contributed by atoms with Crippen molar-refractivity contribution in [2.75, 3.05) is 6.61 Å². The molecule has 0 atom stereocenters. The van der Waals surface area contributed by atoms with E-state index in [1.807, 2.05) is 0 Å². The van der Waals surface area contributed by atoms with Gasteiger partial charge in [-0.25, -0.2) is 9.59 Å². The van der Waals surface area contributed by atoms with Gasteiger partial charge in [0, 0.05) is 0 Å². The Kier molecular flexibility index (Phi) is 6.41. The summed E-state index contributed by atoms with van der Waals surface area (Å²) in [6.45, 7) is 13.2. The van der Waals surface area contributed by atoms with Gasteiger partial charge in [0.2, 0.25) is 5.91 Å². The first-order chi connectivity index (χ1) is 9.71. The second-order valence-electron chi connectivity index (χ2n) is 7.05. The summed E-state index contributed by atoms with van der Waals surface area (Å²) >= 11 is 0. The van der Waals surface area contributed by atoms with Crippen molar-refractivity contribution in [1.29, 1.82) is 0 Å². The van der Waals surface area contributed by atoms with E-state index in [0.29, 0.717) is 0 Å². The van der Waals surface area contributed by atoms with Crippen molar-refractivity contribution in [3.05, 3.63) is 0 Å². The van der Waals surface area contributed by atoms with Crippen molar-refractivity contribution >= 4 is 18.0 Å². The Hall–Kier alpha value is -1.79. The summed E-state index contributed by atoms with van der Waals surface area (Å²) < 4.78 is 10.0. The van der Waals surface area contributed by atoms with E-state index < -0.39 is 34.6 Å². The minimum absolute atomic E-state index is 0.220. The van der Waals surface area contributed by atoms with Crippen LogP contribution in [-0.4, -0.2) is 41.3 Å². The lowest BCUT2D eigenvalue weighted by molar-refractivity contribution is -0.152. The van der Waals surface area contributed by atoms with Gasteiger partial charge < -0.3 is 20.1 Å². The Labute approximate surface area is 132 Å². The lowest BCUT2D eigenvalue weighted by atomic mass is 10.00. The second kappa shape index (κ2) is 6.98. The minimum atomic E-state index is -1.24. The lowest BCUT2D eigenvalue weighted by Crippen LogP contribution is -2.61. The molecule has 0 aliphatic heterocycles. The van der Waals surface area contributed by atoms with E-state index in [1.165, 1.54) is 27.7 Å². The van der Waals surface area contributed by atoms with E-state index >= 15 is 0 Å². The van der Waals surface area contributed by atoms with Crippen molar-refractivity contribution in [2.24, 2.45) is 0 Å². The maximum Gasteiger partial charge on any atom is 0.408 e. The van der Waals surface area contributed by atoms with Crippen molar-refractivity contribution < 1.29 is 23.9 Å². The maximum absolute atomic E-state index is 12.3. The first kappa shape index (κ1) is 20.2. The van der Waals surface area contributed by atoms with Gasteiger partial charge in [0.1, 0.15) is 16.7 Å². The van der Waals surface area contributed by atoms with Gasteiger partial charge in [0.25, 0.3) is 0 Å². The number of carbonyl (C=O) groups excluding carboxylic acids is 3. The van der Waals surface area contributed by atoms with E-state index in [1.54, 1.807) is 27.7 Å². The van der Waals surface area contributed by atoms with E-state index in [4.69, 9.17) is 9.47 Å². The number of nitrogens with one attached hydrogen (secondary N) is 2. The third-order valence-electron chi connectivity index (χ3n) is 2.59. The molecule has 0 radical (unpaired) electrons. The molecule has 0 spiro atoms. The van der Waals surface area contributed by atoms with Crippen LogP contribution < -0.4 is 10.6 Å². The molecule has 22 heavy (non-hydrogen) atoms. The largest absolute Gasteiger partial charge is 0.464 e. The molecule has 7 nitrogen and oxygen atoms in total. The van der Waals surface area contributed by atoms with Crippen molar-refractivity contribution in [1.82, 2.24) is 10.6 Å². The van der Waals surface area contributed by atoms with Gasteiger partial charge in [-0.05, 0) is 55.4 Å². The molecule has 0 aromatic rings. The molecule has 0 unspecified atom stereocenters. The SMILES string of the molecule is CCOC(=O)C(C)(C)NC(=O)C(C)(C)NC(=O)OC(C)(C)C. The Balaban J connectivity index is 4.82. The molecule has 7 heteroatoms. The molecule has 0 rings (SSSR count). The highest BCUT2D eigenvalue weighted by molar-refractivity contribution is 5.93. The van der Waals surface area contributed by atoms with E-state index in [9.17, 15) is 14.4 Å². The molecule has 0 aliphatic carbocycles. The minimum Gasteiger partial charge on any atom is -0.464 e. The van der Waals surface area contributed by atoms with E-state index in [-0.39, 0.29) is 6.61 Å². The van der Waals surface area contributed by atoms with Gasteiger partial charge in [-0.1, -0.05) is 0 Å². The van der Waals surface area contributed by atoms with E-state index in [2.05, 4.69) is 10.6 Å². The van der Waals surface area contributed by atoms with Gasteiger partial charge in [0.15, 0.2) is 0 Å². The quantitative estimate of drug-likeness (QED) is 0.754. The van der Waals surface area contributed by atoms with Crippen LogP contribution in [0.5, 0.6) is 0 Å². The summed E-state index contributed by atoms with van der Waals surface area (Å²) in [4.78, 5) is 35.9. The average Bonchev–Trinajstić information content (AvgIpc) is 2.24. The molecule has 0 aromatic carbocycles. The fourth-order valence-electron chi connectivity index (χ4n) is 1.42. The van der Waals surface area contributed by atoms with Crippen molar-refractivity contribution in [3.63, 3.8) is 0 Å². The second-order valence-corrected chi connectivity index (χ2v) is 7.05. The van der Waals surface area contributed by atoms with Crippen molar-refractivity contribution in [3.8, 4) is 0 Å². The first-order valence-electron chi connectivity index (χ1n) is 7.22. The number of ether oxygens (including phenoxy) is 2. The predicted octanol–water partition coefficient (Wildman–Crippen LogP) is 1.75. The Morgan fingerprint density at radius 2 is 1.36 bits per heavy atom. The number of hydrogen-bond acceptors (Lipinski definition) is 5. The molecule has 2 N–H and O–H groups in total. The molecule has 0 fully saturated rings. The number of carbonyl (C=O) groups is 3. The average molecular weight is 316 g/mol. The molecule has 128 valence electrons. The van der Waals surface area contributed by atoms with Crippen LogP contribution in [0.2, 0.25) is 0 Å². The molecule has 2 amide bonds. The number of esters is 1. The van der Waals surface area contributed by atoms with Crippen LogP contribution in [0, 0.1) is 0 Å². The monoisotopic (exact) mass is 316 g/mol. The fourth-order valence-corrected chi connectivity index (χ4v) is 1.42. The van der Waals surface area contributed by atoms with Gasteiger partial charge in [-0.15, -0.1) is 0 Å². The van der Waals surface area contributed by atoms with Crippen LogP contribution in [0.15, 0.2) is 0 Å². The normalized spacial score (nSPS) is 12.4. The fraction of sp³-hybridized carbons (Fsp3) is 0.800.